The SMILES string of the molecule is CC(C)(O)C(F)CNC(=O)c1cnc(-c2ccc3cc(C#N)cnn23)cc1NC1CCC(N)CC1. The number of nitrogens with two attached hydrogens (primary N) is 1. The molecule has 1 fully saturated rings. The number of anilines is 1. The molecule has 1 aliphatic carbocycles. The van der Waals surface area contributed by atoms with Gasteiger partial charge in [-0.1, -0.05) is 0 Å². The molecular weight excluding hydrogens is 449 g/mol. The monoisotopic (exact) mass is 479 g/mol. The predicted octanol–water partition coefficient (Wildman–Crippen LogP) is 2.79. The van der Waals surface area contributed by atoms with Crippen molar-refractivity contribution in [1.82, 2.24) is 19.9 Å². The largest absolute Gasteiger partial charge is 0.387 e. The first-order chi connectivity index (χ1) is 16.7. The van der Waals surface area contributed by atoms with Gasteiger partial charge in [-0.3, -0.25) is 9.78 Å². The second-order valence-electron chi connectivity index (χ2n) is 9.61. The Bertz CT molecular complexity index is 1250. The highest BCUT2D eigenvalue weighted by Crippen LogP contribution is 2.28. The maximum Gasteiger partial charge on any atom is 0.255 e. The highest BCUT2D eigenvalue weighted by molar-refractivity contribution is 6.00. The van der Waals surface area contributed by atoms with Gasteiger partial charge in [0.05, 0.1) is 52.1 Å². The number of hydrogen-bond donors (Lipinski definition) is 4. The van der Waals surface area contributed by atoms with Crippen LogP contribution in [-0.4, -0.2) is 56.0 Å². The van der Waals surface area contributed by atoms with Crippen molar-refractivity contribution >= 4 is 17.1 Å². The molecule has 1 saturated carbocycles. The molecule has 5 N–H and O–H groups in total. The zero-order valence-electron chi connectivity index (χ0n) is 19.8. The van der Waals surface area contributed by atoms with Gasteiger partial charge >= 0.3 is 0 Å². The van der Waals surface area contributed by atoms with E-state index in [2.05, 4.69) is 26.8 Å². The first kappa shape index (κ1) is 24.6. The molecule has 3 aromatic rings. The van der Waals surface area contributed by atoms with Gasteiger partial charge in [-0.15, -0.1) is 0 Å². The second kappa shape index (κ2) is 9.98. The maximum absolute atomic E-state index is 14.2. The third kappa shape index (κ3) is 5.58. The van der Waals surface area contributed by atoms with E-state index in [0.29, 0.717) is 22.6 Å². The van der Waals surface area contributed by atoms with Crippen molar-refractivity contribution in [2.45, 2.75) is 63.4 Å². The van der Waals surface area contributed by atoms with E-state index in [9.17, 15) is 14.3 Å². The summed E-state index contributed by atoms with van der Waals surface area (Å²) in [6.07, 6.45) is 4.85. The van der Waals surface area contributed by atoms with Crippen molar-refractivity contribution < 1.29 is 14.3 Å². The van der Waals surface area contributed by atoms with Crippen LogP contribution >= 0.6 is 0 Å². The summed E-state index contributed by atoms with van der Waals surface area (Å²) in [7, 11) is 0. The maximum atomic E-state index is 14.2. The Kier molecular flexibility index (Phi) is 7.00. The fourth-order valence-corrected chi connectivity index (χ4v) is 4.16. The third-order valence-corrected chi connectivity index (χ3v) is 6.38. The molecule has 0 spiro atoms. The quantitative estimate of drug-likeness (QED) is 0.408. The highest BCUT2D eigenvalue weighted by Gasteiger charge is 2.28. The molecule has 184 valence electrons. The molecule has 35 heavy (non-hydrogen) atoms. The Morgan fingerprint density at radius 2 is 2.06 bits per heavy atom. The van der Waals surface area contributed by atoms with Crippen LogP contribution in [0.4, 0.5) is 10.1 Å². The summed E-state index contributed by atoms with van der Waals surface area (Å²) in [5.41, 5.74) is 7.85. The van der Waals surface area contributed by atoms with Crippen LogP contribution in [0.25, 0.3) is 16.9 Å². The standard InChI is InChI=1S/C25H30FN7O2/c1-25(2,35)23(26)14-30-24(34)19-13-29-21(10-20(19)32-17-5-3-16(28)4-6-17)22-8-7-18-9-15(11-27)12-31-33(18)22/h7-10,12-13,16-17,23,35H,3-6,14,28H2,1-2H3,(H,29,32)(H,30,34). The Morgan fingerprint density at radius 1 is 1.31 bits per heavy atom. The molecule has 10 heteroatoms. The van der Waals surface area contributed by atoms with Crippen LogP contribution in [0.5, 0.6) is 0 Å². The number of carbonyl (C=O) groups is 1. The fourth-order valence-electron chi connectivity index (χ4n) is 4.16. The van der Waals surface area contributed by atoms with Gasteiger partial charge < -0.3 is 21.5 Å². The van der Waals surface area contributed by atoms with E-state index in [-0.39, 0.29) is 24.2 Å². The number of alkyl halides is 1. The molecule has 0 bridgehead atoms. The summed E-state index contributed by atoms with van der Waals surface area (Å²) < 4.78 is 15.9. The summed E-state index contributed by atoms with van der Waals surface area (Å²) in [6.45, 7) is 2.39. The van der Waals surface area contributed by atoms with Crippen molar-refractivity contribution in [3.05, 3.63) is 47.8 Å². The molecule has 3 aromatic heterocycles. The Morgan fingerprint density at radius 3 is 2.74 bits per heavy atom. The molecular formula is C25H30FN7O2. The van der Waals surface area contributed by atoms with Crippen LogP contribution in [0, 0.1) is 11.3 Å². The normalized spacial score (nSPS) is 19.2. The summed E-state index contributed by atoms with van der Waals surface area (Å²) in [4.78, 5) is 17.5. The van der Waals surface area contributed by atoms with E-state index in [1.54, 1.807) is 16.6 Å². The third-order valence-electron chi connectivity index (χ3n) is 6.38. The van der Waals surface area contributed by atoms with Gasteiger partial charge in [-0.2, -0.15) is 10.4 Å². The number of nitriles is 1. The van der Waals surface area contributed by atoms with E-state index < -0.39 is 17.7 Å². The predicted molar refractivity (Wildman–Crippen MR) is 131 cm³/mol. The molecule has 1 amide bonds. The topological polar surface area (TPSA) is 141 Å². The van der Waals surface area contributed by atoms with E-state index >= 15 is 0 Å². The van der Waals surface area contributed by atoms with Crippen LogP contribution in [0.3, 0.4) is 0 Å². The average molecular weight is 480 g/mol. The molecule has 0 aromatic carbocycles. The van der Waals surface area contributed by atoms with E-state index in [0.717, 1.165) is 31.2 Å². The number of nitrogens with one attached hydrogen (secondary N) is 2. The minimum Gasteiger partial charge on any atom is -0.387 e. The zero-order chi connectivity index (χ0) is 25.2. The number of carbonyl (C=O) groups excluding carboxylic acids is 1. The molecule has 0 radical (unpaired) electrons. The van der Waals surface area contributed by atoms with E-state index in [4.69, 9.17) is 11.0 Å². The van der Waals surface area contributed by atoms with Gasteiger partial charge in [0.25, 0.3) is 5.91 Å². The molecule has 1 atom stereocenters. The van der Waals surface area contributed by atoms with Gasteiger partial charge in [0, 0.05) is 18.3 Å². The Balaban J connectivity index is 1.65. The minimum atomic E-state index is -1.62. The summed E-state index contributed by atoms with van der Waals surface area (Å²) in [5.74, 6) is -0.484. The fraction of sp³-hybridized carbons (Fsp3) is 0.440. The van der Waals surface area contributed by atoms with Gasteiger partial charge in [-0.05, 0) is 63.8 Å². The number of aliphatic hydroxyl groups is 1. The van der Waals surface area contributed by atoms with Crippen molar-refractivity contribution in [2.75, 3.05) is 11.9 Å². The van der Waals surface area contributed by atoms with Gasteiger partial charge in [0.2, 0.25) is 0 Å². The number of halogens is 1. The van der Waals surface area contributed by atoms with Crippen molar-refractivity contribution in [3.63, 3.8) is 0 Å². The van der Waals surface area contributed by atoms with Crippen LogP contribution in [0.1, 0.15) is 55.5 Å². The van der Waals surface area contributed by atoms with Crippen molar-refractivity contribution in [3.8, 4) is 17.5 Å². The smallest absolute Gasteiger partial charge is 0.255 e. The lowest BCUT2D eigenvalue weighted by Crippen LogP contribution is -2.42. The molecule has 3 heterocycles. The molecule has 1 unspecified atom stereocenters. The molecule has 9 nitrogen and oxygen atoms in total. The lowest BCUT2D eigenvalue weighted by molar-refractivity contribution is -0.00177. The van der Waals surface area contributed by atoms with Crippen LogP contribution in [0.2, 0.25) is 0 Å². The van der Waals surface area contributed by atoms with Crippen LogP contribution in [-0.2, 0) is 0 Å². The van der Waals surface area contributed by atoms with Gasteiger partial charge in [0.15, 0.2) is 0 Å². The molecule has 4 rings (SSSR count). The number of amides is 1. The van der Waals surface area contributed by atoms with Crippen LogP contribution < -0.4 is 16.4 Å². The Hall–Kier alpha value is -3.55. The summed E-state index contributed by atoms with van der Waals surface area (Å²) in [5, 5.41) is 29.3. The zero-order valence-corrected chi connectivity index (χ0v) is 19.8. The highest BCUT2D eigenvalue weighted by atomic mass is 19.1. The molecule has 0 saturated heterocycles. The van der Waals surface area contributed by atoms with Crippen molar-refractivity contribution in [2.24, 2.45) is 5.73 Å². The average Bonchev–Trinajstić information content (AvgIpc) is 3.26. The second-order valence-corrected chi connectivity index (χ2v) is 9.61. The number of hydrogen-bond acceptors (Lipinski definition) is 7. The summed E-state index contributed by atoms with van der Waals surface area (Å²) in [6, 6.07) is 9.62. The lowest BCUT2D eigenvalue weighted by Gasteiger charge is -2.28. The van der Waals surface area contributed by atoms with Crippen LogP contribution in [0.15, 0.2) is 36.7 Å². The number of rotatable bonds is 7. The molecule has 0 aliphatic heterocycles. The first-order valence-electron chi connectivity index (χ1n) is 11.7. The van der Waals surface area contributed by atoms with Crippen molar-refractivity contribution in [1.29, 1.82) is 5.26 Å². The number of fused-ring (bicyclic) bond motifs is 1. The van der Waals surface area contributed by atoms with Gasteiger partial charge in [0.1, 0.15) is 12.2 Å². The lowest BCUT2D eigenvalue weighted by atomic mass is 9.91. The number of nitrogens with zero attached hydrogens (tertiary/aromatic N) is 4. The molecule has 1 aliphatic rings. The number of aromatic nitrogens is 3. The number of pyridine rings is 1. The first-order valence-corrected chi connectivity index (χ1v) is 11.7. The van der Waals surface area contributed by atoms with E-state index in [1.807, 2.05) is 12.1 Å². The Labute approximate surface area is 203 Å². The van der Waals surface area contributed by atoms with Gasteiger partial charge in [-0.25, -0.2) is 8.91 Å². The van der Waals surface area contributed by atoms with E-state index in [1.165, 1.54) is 26.2 Å². The summed E-state index contributed by atoms with van der Waals surface area (Å²) >= 11 is 0. The minimum absolute atomic E-state index is 0.141.